The van der Waals surface area contributed by atoms with Gasteiger partial charge in [-0.25, -0.2) is 4.79 Å². The van der Waals surface area contributed by atoms with Crippen LogP contribution in [0.15, 0.2) is 103 Å². The molecule has 0 aliphatic heterocycles. The normalized spacial score (nSPS) is 11.5. The Labute approximate surface area is 246 Å². The second kappa shape index (κ2) is 14.1. The number of benzene rings is 4. The van der Waals surface area contributed by atoms with E-state index in [1.807, 2.05) is 63.2 Å². The Bertz CT molecular complexity index is 1520. The fraction of sp³-hybridized carbons (Fsp3) is 0.229. The van der Waals surface area contributed by atoms with Gasteiger partial charge >= 0.3 is 5.97 Å². The van der Waals surface area contributed by atoms with E-state index in [1.54, 1.807) is 65.6 Å². The molecule has 0 spiro atoms. The Morgan fingerprint density at radius 3 is 2.14 bits per heavy atom. The van der Waals surface area contributed by atoms with Crippen LogP contribution in [0.2, 0.25) is 0 Å². The summed E-state index contributed by atoms with van der Waals surface area (Å²) in [5, 5.41) is 13.0. The quantitative estimate of drug-likeness (QED) is 0.182. The van der Waals surface area contributed by atoms with Crippen molar-refractivity contribution in [3.8, 4) is 5.75 Å². The number of carbonyl (C=O) groups excluding carboxylic acids is 2. The molecule has 1 atom stereocenters. The zero-order valence-electron chi connectivity index (χ0n) is 24.1. The monoisotopic (exact) mass is 564 g/mol. The minimum atomic E-state index is -1.02. The van der Waals surface area contributed by atoms with E-state index in [4.69, 9.17) is 4.74 Å². The molecule has 7 nitrogen and oxygen atoms in total. The molecule has 4 aromatic carbocycles. The number of hydrogen-bond donors (Lipinski definition) is 2. The molecule has 0 aromatic heterocycles. The van der Waals surface area contributed by atoms with Crippen LogP contribution in [0.1, 0.15) is 40.9 Å². The van der Waals surface area contributed by atoms with E-state index >= 15 is 0 Å². The molecule has 4 rings (SSSR count). The number of ether oxygens (including phenoxy) is 1. The lowest BCUT2D eigenvalue weighted by Crippen LogP contribution is -2.37. The Morgan fingerprint density at radius 1 is 0.833 bits per heavy atom. The van der Waals surface area contributed by atoms with Gasteiger partial charge in [0, 0.05) is 34.8 Å². The topological polar surface area (TPSA) is 95.9 Å². The van der Waals surface area contributed by atoms with Gasteiger partial charge in [0.15, 0.2) is 5.78 Å². The standard InChI is InChI=1S/C35H36N2O5/c1-24(2)34(39)37(32-16-10-7-11-25(32)3)21-22-42-28-19-17-26(18-20-28)23-31(35(40)41)36-30-15-9-8-14-29(30)33(38)27-12-5-4-6-13-27/h4-20,24,31,36H,21-23H2,1-3H3,(H,40,41). The number of ketones is 1. The Balaban J connectivity index is 1.40. The molecule has 42 heavy (non-hydrogen) atoms. The van der Waals surface area contributed by atoms with Crippen LogP contribution in [0, 0.1) is 12.8 Å². The van der Waals surface area contributed by atoms with E-state index in [-0.39, 0.29) is 24.0 Å². The fourth-order valence-electron chi connectivity index (χ4n) is 4.68. The Morgan fingerprint density at radius 2 is 1.48 bits per heavy atom. The third kappa shape index (κ3) is 7.63. The number of nitrogens with one attached hydrogen (secondary N) is 1. The third-order valence-corrected chi connectivity index (χ3v) is 6.95. The van der Waals surface area contributed by atoms with Crippen LogP contribution < -0.4 is 15.0 Å². The van der Waals surface area contributed by atoms with E-state index in [1.165, 1.54) is 0 Å². The van der Waals surface area contributed by atoms with E-state index in [9.17, 15) is 19.5 Å². The highest BCUT2D eigenvalue weighted by Gasteiger charge is 2.22. The number of rotatable bonds is 13. The summed E-state index contributed by atoms with van der Waals surface area (Å²) in [7, 11) is 0. The van der Waals surface area contributed by atoms with Gasteiger partial charge in [0.05, 0.1) is 6.54 Å². The number of carboxylic acids is 1. The third-order valence-electron chi connectivity index (χ3n) is 6.95. The first-order valence-electron chi connectivity index (χ1n) is 14.0. The zero-order valence-corrected chi connectivity index (χ0v) is 24.1. The summed E-state index contributed by atoms with van der Waals surface area (Å²) in [5.41, 5.74) is 4.09. The van der Waals surface area contributed by atoms with Crippen molar-refractivity contribution in [3.63, 3.8) is 0 Å². The average molecular weight is 565 g/mol. The van der Waals surface area contributed by atoms with Crippen molar-refractivity contribution < 1.29 is 24.2 Å². The number of carboxylic acid groups (broad SMARTS) is 1. The van der Waals surface area contributed by atoms with Gasteiger partial charge < -0.3 is 20.1 Å². The lowest BCUT2D eigenvalue weighted by atomic mass is 10.00. The summed E-state index contributed by atoms with van der Waals surface area (Å²) >= 11 is 0. The molecule has 0 aliphatic rings. The number of amides is 1. The number of aliphatic carboxylic acids is 1. The van der Waals surface area contributed by atoms with Crippen molar-refractivity contribution in [1.82, 2.24) is 0 Å². The fourth-order valence-corrected chi connectivity index (χ4v) is 4.68. The van der Waals surface area contributed by atoms with E-state index in [2.05, 4.69) is 5.32 Å². The minimum absolute atomic E-state index is 0.0301. The summed E-state index contributed by atoms with van der Waals surface area (Å²) in [6.45, 7) is 6.44. The van der Waals surface area contributed by atoms with Crippen LogP contribution in [-0.2, 0) is 16.0 Å². The number of aryl methyl sites for hydroxylation is 1. The van der Waals surface area contributed by atoms with Crippen molar-refractivity contribution >= 4 is 29.0 Å². The predicted octanol–water partition coefficient (Wildman–Crippen LogP) is 6.40. The average Bonchev–Trinajstić information content (AvgIpc) is 3.00. The first-order valence-corrected chi connectivity index (χ1v) is 14.0. The maximum atomic E-state index is 13.1. The van der Waals surface area contributed by atoms with Gasteiger partial charge in [-0.2, -0.15) is 0 Å². The van der Waals surface area contributed by atoms with Gasteiger partial charge in [-0.3, -0.25) is 9.59 Å². The first kappa shape index (κ1) is 30.1. The maximum Gasteiger partial charge on any atom is 0.326 e. The number of para-hydroxylation sites is 2. The summed E-state index contributed by atoms with van der Waals surface area (Å²) in [6, 6.07) is 29.9. The summed E-state index contributed by atoms with van der Waals surface area (Å²) in [5.74, 6) is -0.700. The molecule has 0 heterocycles. The van der Waals surface area contributed by atoms with Gasteiger partial charge in [-0.1, -0.05) is 86.6 Å². The molecule has 4 aromatic rings. The summed E-state index contributed by atoms with van der Waals surface area (Å²) < 4.78 is 5.95. The first-order chi connectivity index (χ1) is 20.2. The lowest BCUT2D eigenvalue weighted by molar-refractivity contribution is -0.137. The highest BCUT2D eigenvalue weighted by atomic mass is 16.5. The number of hydrogen-bond acceptors (Lipinski definition) is 5. The van der Waals surface area contributed by atoms with E-state index in [0.717, 1.165) is 16.8 Å². The number of anilines is 2. The van der Waals surface area contributed by atoms with E-state index < -0.39 is 12.0 Å². The lowest BCUT2D eigenvalue weighted by Gasteiger charge is -2.26. The molecule has 0 bridgehead atoms. The predicted molar refractivity (Wildman–Crippen MR) is 165 cm³/mol. The summed E-state index contributed by atoms with van der Waals surface area (Å²) in [4.78, 5) is 39.9. The van der Waals surface area contributed by atoms with Crippen LogP contribution in [0.3, 0.4) is 0 Å². The van der Waals surface area contributed by atoms with Crippen LogP contribution in [0.25, 0.3) is 0 Å². The molecular weight excluding hydrogens is 528 g/mol. The number of nitrogens with zero attached hydrogens (tertiary/aromatic N) is 1. The molecule has 0 aliphatic carbocycles. The van der Waals surface area contributed by atoms with Crippen molar-refractivity contribution in [1.29, 1.82) is 0 Å². The molecule has 1 unspecified atom stereocenters. The zero-order chi connectivity index (χ0) is 30.1. The molecule has 0 fully saturated rings. The van der Waals surface area contributed by atoms with Crippen molar-refractivity contribution in [2.24, 2.45) is 5.92 Å². The van der Waals surface area contributed by atoms with Crippen LogP contribution in [0.4, 0.5) is 11.4 Å². The summed E-state index contributed by atoms with van der Waals surface area (Å²) in [6.07, 6.45) is 0.202. The molecule has 1 amide bonds. The highest BCUT2D eigenvalue weighted by molar-refractivity contribution is 6.12. The molecule has 7 heteroatoms. The Hall–Kier alpha value is -4.91. The molecule has 0 radical (unpaired) electrons. The van der Waals surface area contributed by atoms with Crippen molar-refractivity contribution in [2.75, 3.05) is 23.4 Å². The smallest absolute Gasteiger partial charge is 0.326 e. The molecule has 0 saturated heterocycles. The van der Waals surface area contributed by atoms with E-state index in [0.29, 0.717) is 35.7 Å². The van der Waals surface area contributed by atoms with Gasteiger partial charge in [-0.15, -0.1) is 0 Å². The SMILES string of the molecule is Cc1ccccc1N(CCOc1ccc(CC(Nc2ccccc2C(=O)c2ccccc2)C(=O)O)cc1)C(=O)C(C)C. The minimum Gasteiger partial charge on any atom is -0.492 e. The van der Waals surface area contributed by atoms with Crippen LogP contribution in [0.5, 0.6) is 5.75 Å². The van der Waals surface area contributed by atoms with Gasteiger partial charge in [0.2, 0.25) is 5.91 Å². The second-order valence-corrected chi connectivity index (χ2v) is 10.4. The highest BCUT2D eigenvalue weighted by Crippen LogP contribution is 2.23. The molecule has 0 saturated carbocycles. The molecular formula is C35H36N2O5. The Kier molecular flexibility index (Phi) is 10.1. The molecule has 216 valence electrons. The number of carbonyl (C=O) groups is 3. The van der Waals surface area contributed by atoms with Crippen LogP contribution in [-0.4, -0.2) is 42.0 Å². The van der Waals surface area contributed by atoms with Crippen molar-refractivity contribution in [2.45, 2.75) is 33.2 Å². The van der Waals surface area contributed by atoms with Gasteiger partial charge in [0.25, 0.3) is 0 Å². The second-order valence-electron chi connectivity index (χ2n) is 10.4. The van der Waals surface area contributed by atoms with Crippen LogP contribution >= 0.6 is 0 Å². The molecule has 2 N–H and O–H groups in total. The van der Waals surface area contributed by atoms with Crippen molar-refractivity contribution in [3.05, 3.63) is 125 Å². The van der Waals surface area contributed by atoms with Gasteiger partial charge in [-0.05, 0) is 48.4 Å². The maximum absolute atomic E-state index is 13.1. The van der Waals surface area contributed by atoms with Gasteiger partial charge in [0.1, 0.15) is 18.4 Å². The largest absolute Gasteiger partial charge is 0.492 e.